The number of para-hydroxylation sites is 3. The Balaban J connectivity index is 1.91. The van der Waals surface area contributed by atoms with Gasteiger partial charge in [-0.2, -0.15) is 0 Å². The van der Waals surface area contributed by atoms with Gasteiger partial charge >= 0.3 is 0 Å². The van der Waals surface area contributed by atoms with Crippen LogP contribution in [0.5, 0.6) is 0 Å². The van der Waals surface area contributed by atoms with Gasteiger partial charge in [-0.25, -0.2) is 9.97 Å². The van der Waals surface area contributed by atoms with Crippen LogP contribution < -0.4 is 0 Å². The zero-order valence-electron chi connectivity index (χ0n) is 13.2. The Hall–Kier alpha value is -3.20. The molecule has 0 unspecified atom stereocenters. The summed E-state index contributed by atoms with van der Waals surface area (Å²) in [6, 6.07) is 22.2. The zero-order chi connectivity index (χ0) is 16.1. The predicted molar refractivity (Wildman–Crippen MR) is 97.0 cm³/mol. The number of benzene rings is 3. The molecule has 0 radical (unpaired) electrons. The fraction of sp³-hybridized carbons (Fsp3) is 0.0476. The summed E-state index contributed by atoms with van der Waals surface area (Å²) in [4.78, 5) is 9.61. The van der Waals surface area contributed by atoms with Crippen LogP contribution in [0.4, 0.5) is 0 Å². The van der Waals surface area contributed by atoms with E-state index in [0.29, 0.717) is 0 Å². The first-order valence-corrected chi connectivity index (χ1v) is 7.95. The Kier molecular flexibility index (Phi) is 2.71. The van der Waals surface area contributed by atoms with Crippen molar-refractivity contribution in [2.75, 3.05) is 0 Å². The first-order valence-electron chi connectivity index (χ1n) is 7.95. The maximum atomic E-state index is 5.99. The molecule has 3 aromatic carbocycles. The molecule has 0 spiro atoms. The van der Waals surface area contributed by atoms with Crippen LogP contribution in [0.2, 0.25) is 0 Å². The molecule has 2 aromatic heterocycles. The van der Waals surface area contributed by atoms with E-state index in [1.165, 1.54) is 0 Å². The highest BCUT2D eigenvalue weighted by Crippen LogP contribution is 2.36. The number of fused-ring (bicyclic) bond motifs is 4. The predicted octanol–water partition coefficient (Wildman–Crippen LogP) is 5.50. The molecule has 0 amide bonds. The smallest absolute Gasteiger partial charge is 0.136 e. The van der Waals surface area contributed by atoms with Crippen molar-refractivity contribution in [3.05, 3.63) is 72.4 Å². The molecule has 24 heavy (non-hydrogen) atoms. The first-order chi connectivity index (χ1) is 11.8. The Labute approximate surface area is 138 Å². The average molecular weight is 310 g/mol. The lowest BCUT2D eigenvalue weighted by Gasteiger charge is -2.08. The van der Waals surface area contributed by atoms with Crippen LogP contribution in [0.3, 0.4) is 0 Å². The monoisotopic (exact) mass is 310 g/mol. The van der Waals surface area contributed by atoms with E-state index in [2.05, 4.69) is 12.1 Å². The van der Waals surface area contributed by atoms with E-state index in [0.717, 1.165) is 49.9 Å². The number of aryl methyl sites for hydroxylation is 1. The van der Waals surface area contributed by atoms with Crippen molar-refractivity contribution < 1.29 is 4.42 Å². The standard InChI is InChI=1S/C21H14N2O/c1-13-21(23-17-10-4-3-9-16(17)22-13)15-8-6-12-19-20(15)14-7-2-5-11-18(14)24-19/h2-12H,1H3. The van der Waals surface area contributed by atoms with Crippen LogP contribution in [-0.2, 0) is 0 Å². The van der Waals surface area contributed by atoms with Gasteiger partial charge in [-0.15, -0.1) is 0 Å². The highest BCUT2D eigenvalue weighted by molar-refractivity contribution is 6.12. The molecule has 3 nitrogen and oxygen atoms in total. The third-order valence-corrected chi connectivity index (χ3v) is 4.40. The van der Waals surface area contributed by atoms with Crippen LogP contribution in [0.15, 0.2) is 71.1 Å². The minimum atomic E-state index is 0.878. The fourth-order valence-corrected chi connectivity index (χ4v) is 3.32. The molecular weight excluding hydrogens is 296 g/mol. The lowest BCUT2D eigenvalue weighted by atomic mass is 10.0. The third kappa shape index (κ3) is 1.85. The molecular formula is C21H14N2O. The molecule has 5 rings (SSSR count). The summed E-state index contributed by atoms with van der Waals surface area (Å²) in [5, 5.41) is 2.21. The van der Waals surface area contributed by atoms with E-state index in [4.69, 9.17) is 14.4 Å². The molecule has 5 aromatic rings. The van der Waals surface area contributed by atoms with Gasteiger partial charge < -0.3 is 4.42 Å². The summed E-state index contributed by atoms with van der Waals surface area (Å²) in [5.41, 5.74) is 6.49. The average Bonchev–Trinajstić information content (AvgIpc) is 3.00. The third-order valence-electron chi connectivity index (χ3n) is 4.40. The van der Waals surface area contributed by atoms with Gasteiger partial charge in [0.1, 0.15) is 11.2 Å². The molecule has 114 valence electrons. The Morgan fingerprint density at radius 3 is 2.29 bits per heavy atom. The van der Waals surface area contributed by atoms with Crippen LogP contribution in [0, 0.1) is 6.92 Å². The van der Waals surface area contributed by atoms with E-state index in [1.54, 1.807) is 0 Å². The van der Waals surface area contributed by atoms with Gasteiger partial charge in [0, 0.05) is 16.3 Å². The van der Waals surface area contributed by atoms with E-state index in [1.807, 2.05) is 61.5 Å². The number of hydrogen-bond acceptors (Lipinski definition) is 3. The van der Waals surface area contributed by atoms with E-state index >= 15 is 0 Å². The number of rotatable bonds is 1. The molecule has 0 saturated carbocycles. The van der Waals surface area contributed by atoms with Crippen LogP contribution in [-0.4, -0.2) is 9.97 Å². The molecule has 0 aliphatic heterocycles. The highest BCUT2D eigenvalue weighted by atomic mass is 16.3. The Morgan fingerprint density at radius 2 is 1.42 bits per heavy atom. The van der Waals surface area contributed by atoms with E-state index in [-0.39, 0.29) is 0 Å². The van der Waals surface area contributed by atoms with Gasteiger partial charge in [0.2, 0.25) is 0 Å². The van der Waals surface area contributed by atoms with E-state index in [9.17, 15) is 0 Å². The van der Waals surface area contributed by atoms with Crippen molar-refractivity contribution in [3.8, 4) is 11.3 Å². The van der Waals surface area contributed by atoms with Crippen molar-refractivity contribution in [1.82, 2.24) is 9.97 Å². The van der Waals surface area contributed by atoms with Crippen molar-refractivity contribution in [2.24, 2.45) is 0 Å². The largest absolute Gasteiger partial charge is 0.456 e. The molecule has 0 N–H and O–H groups in total. The molecule has 3 heteroatoms. The molecule has 0 saturated heterocycles. The Morgan fingerprint density at radius 1 is 0.708 bits per heavy atom. The maximum absolute atomic E-state index is 5.99. The second-order valence-electron chi connectivity index (χ2n) is 5.92. The summed E-state index contributed by atoms with van der Waals surface area (Å²) in [6.07, 6.45) is 0. The SMILES string of the molecule is Cc1nc2ccccc2nc1-c1cccc2oc3ccccc3c12. The topological polar surface area (TPSA) is 38.9 Å². The second kappa shape index (κ2) is 4.90. The van der Waals surface area contributed by atoms with Gasteiger partial charge in [-0.05, 0) is 31.2 Å². The highest BCUT2D eigenvalue weighted by Gasteiger charge is 2.15. The maximum Gasteiger partial charge on any atom is 0.136 e. The van der Waals surface area contributed by atoms with Crippen LogP contribution >= 0.6 is 0 Å². The molecule has 0 aliphatic carbocycles. The quantitative estimate of drug-likeness (QED) is 0.410. The number of hydrogen-bond donors (Lipinski definition) is 0. The van der Waals surface area contributed by atoms with Gasteiger partial charge in [0.15, 0.2) is 0 Å². The minimum Gasteiger partial charge on any atom is -0.456 e. The molecule has 2 heterocycles. The van der Waals surface area contributed by atoms with Crippen LogP contribution in [0.1, 0.15) is 5.69 Å². The number of aromatic nitrogens is 2. The summed E-state index contributed by atoms with van der Waals surface area (Å²) in [6.45, 7) is 2.01. The van der Waals surface area contributed by atoms with Crippen molar-refractivity contribution >= 4 is 33.0 Å². The van der Waals surface area contributed by atoms with Crippen LogP contribution in [0.25, 0.3) is 44.2 Å². The fourth-order valence-electron chi connectivity index (χ4n) is 3.32. The van der Waals surface area contributed by atoms with Crippen molar-refractivity contribution in [3.63, 3.8) is 0 Å². The molecule has 0 aliphatic rings. The summed E-state index contributed by atoms with van der Waals surface area (Å²) in [7, 11) is 0. The summed E-state index contributed by atoms with van der Waals surface area (Å²) < 4.78 is 5.99. The van der Waals surface area contributed by atoms with Crippen molar-refractivity contribution in [1.29, 1.82) is 0 Å². The Bertz CT molecular complexity index is 1220. The van der Waals surface area contributed by atoms with Crippen molar-refractivity contribution in [2.45, 2.75) is 6.92 Å². The van der Waals surface area contributed by atoms with Gasteiger partial charge in [-0.1, -0.05) is 42.5 Å². The number of furan rings is 1. The second-order valence-corrected chi connectivity index (χ2v) is 5.92. The normalized spacial score (nSPS) is 11.5. The molecule has 0 fully saturated rings. The lowest BCUT2D eigenvalue weighted by molar-refractivity contribution is 0.669. The molecule has 0 atom stereocenters. The summed E-state index contributed by atoms with van der Waals surface area (Å²) >= 11 is 0. The van der Waals surface area contributed by atoms with E-state index < -0.39 is 0 Å². The number of nitrogens with zero attached hydrogens (tertiary/aromatic N) is 2. The summed E-state index contributed by atoms with van der Waals surface area (Å²) in [5.74, 6) is 0. The lowest BCUT2D eigenvalue weighted by Crippen LogP contribution is -1.94. The zero-order valence-corrected chi connectivity index (χ0v) is 13.2. The van der Waals surface area contributed by atoms with Gasteiger partial charge in [0.25, 0.3) is 0 Å². The van der Waals surface area contributed by atoms with Gasteiger partial charge in [0.05, 0.1) is 22.4 Å². The van der Waals surface area contributed by atoms with Gasteiger partial charge in [-0.3, -0.25) is 0 Å². The first kappa shape index (κ1) is 13.3. The minimum absolute atomic E-state index is 0.878. The molecule has 0 bridgehead atoms.